The number of thioether (sulfide) groups is 2. The highest BCUT2D eigenvalue weighted by molar-refractivity contribution is 7.99. The van der Waals surface area contributed by atoms with E-state index in [4.69, 9.17) is 5.26 Å². The molecule has 2 amide bonds. The third-order valence-corrected chi connectivity index (χ3v) is 5.94. The van der Waals surface area contributed by atoms with Crippen LogP contribution in [0.25, 0.3) is 0 Å². The molecular weight excluding hydrogens is 330 g/mol. The van der Waals surface area contributed by atoms with E-state index >= 15 is 0 Å². The van der Waals surface area contributed by atoms with Crippen LogP contribution in [0.4, 0.5) is 0 Å². The Labute approximate surface area is 144 Å². The zero-order chi connectivity index (χ0) is 16.2. The molecule has 1 aromatic rings. The summed E-state index contributed by atoms with van der Waals surface area (Å²) in [6.45, 7) is 1.52. The van der Waals surface area contributed by atoms with Gasteiger partial charge in [-0.1, -0.05) is 6.07 Å². The van der Waals surface area contributed by atoms with Gasteiger partial charge in [-0.05, 0) is 18.2 Å². The molecule has 0 aliphatic carbocycles. The van der Waals surface area contributed by atoms with Crippen LogP contribution in [0.1, 0.15) is 15.9 Å². The number of hydrogen-bond acceptors (Lipinski definition) is 5. The van der Waals surface area contributed by atoms with Gasteiger partial charge in [0.2, 0.25) is 5.91 Å². The van der Waals surface area contributed by atoms with E-state index in [0.29, 0.717) is 22.8 Å². The van der Waals surface area contributed by atoms with E-state index < -0.39 is 0 Å². The molecule has 0 bridgehead atoms. The lowest BCUT2D eigenvalue weighted by Crippen LogP contribution is -2.51. The Morgan fingerprint density at radius 1 is 1.22 bits per heavy atom. The minimum Gasteiger partial charge on any atom is -0.339 e. The van der Waals surface area contributed by atoms with Crippen molar-refractivity contribution in [1.29, 1.82) is 5.26 Å². The summed E-state index contributed by atoms with van der Waals surface area (Å²) in [4.78, 5) is 29.0. The molecule has 120 valence electrons. The fraction of sp³-hybridized carbons (Fsp3) is 0.438. The second kappa shape index (κ2) is 7.28. The van der Waals surface area contributed by atoms with Crippen LogP contribution in [0.2, 0.25) is 0 Å². The smallest absolute Gasteiger partial charge is 0.255 e. The highest BCUT2D eigenvalue weighted by Gasteiger charge is 2.37. The second-order valence-electron chi connectivity index (χ2n) is 5.42. The molecule has 2 saturated heterocycles. The summed E-state index contributed by atoms with van der Waals surface area (Å²) in [6.07, 6.45) is 0. The summed E-state index contributed by atoms with van der Waals surface area (Å²) in [7, 11) is 0. The summed E-state index contributed by atoms with van der Waals surface area (Å²) in [5, 5.41) is 8.98. The molecule has 23 heavy (non-hydrogen) atoms. The third-order valence-electron chi connectivity index (χ3n) is 3.99. The number of carbonyl (C=O) groups is 2. The van der Waals surface area contributed by atoms with Crippen LogP contribution in [0.3, 0.4) is 0 Å². The van der Waals surface area contributed by atoms with Crippen molar-refractivity contribution in [1.82, 2.24) is 9.80 Å². The second-order valence-corrected chi connectivity index (χ2v) is 7.65. The average Bonchev–Trinajstić information content (AvgIpc) is 3.11. The number of rotatable bonds is 2. The molecule has 1 unspecified atom stereocenters. The zero-order valence-corrected chi connectivity index (χ0v) is 14.2. The molecule has 1 atom stereocenters. The van der Waals surface area contributed by atoms with Crippen molar-refractivity contribution in [2.24, 2.45) is 0 Å². The Bertz CT molecular complexity index is 653. The van der Waals surface area contributed by atoms with Crippen molar-refractivity contribution in [2.75, 3.05) is 36.2 Å². The SMILES string of the molecule is N#Cc1cccc(C(=O)N2CSCC2C(=O)N2CCSCC2)c1. The summed E-state index contributed by atoms with van der Waals surface area (Å²) in [5.41, 5.74) is 0.928. The molecule has 0 N–H and O–H groups in total. The number of amides is 2. The fourth-order valence-electron chi connectivity index (χ4n) is 2.73. The summed E-state index contributed by atoms with van der Waals surface area (Å²) >= 11 is 3.46. The van der Waals surface area contributed by atoms with E-state index in [-0.39, 0.29) is 17.9 Å². The van der Waals surface area contributed by atoms with Crippen LogP contribution in [0.15, 0.2) is 24.3 Å². The van der Waals surface area contributed by atoms with Crippen LogP contribution in [0, 0.1) is 11.3 Å². The van der Waals surface area contributed by atoms with Gasteiger partial charge in [-0.2, -0.15) is 17.0 Å². The lowest BCUT2D eigenvalue weighted by molar-refractivity contribution is -0.134. The van der Waals surface area contributed by atoms with Gasteiger partial charge in [0, 0.05) is 35.9 Å². The highest BCUT2D eigenvalue weighted by atomic mass is 32.2. The van der Waals surface area contributed by atoms with Crippen LogP contribution < -0.4 is 0 Å². The first-order valence-electron chi connectivity index (χ1n) is 7.46. The molecule has 5 nitrogen and oxygen atoms in total. The molecule has 1 aromatic carbocycles. The molecule has 0 radical (unpaired) electrons. The Hall–Kier alpha value is -1.65. The predicted molar refractivity (Wildman–Crippen MR) is 92.3 cm³/mol. The lowest BCUT2D eigenvalue weighted by atomic mass is 10.1. The molecule has 7 heteroatoms. The van der Waals surface area contributed by atoms with Crippen LogP contribution in [-0.2, 0) is 4.79 Å². The Morgan fingerprint density at radius 2 is 2.00 bits per heavy atom. The monoisotopic (exact) mass is 347 g/mol. The first-order chi connectivity index (χ1) is 11.2. The Morgan fingerprint density at radius 3 is 2.74 bits per heavy atom. The van der Waals surface area contributed by atoms with Crippen LogP contribution in [0.5, 0.6) is 0 Å². The van der Waals surface area contributed by atoms with E-state index in [1.54, 1.807) is 40.9 Å². The normalized spacial score (nSPS) is 21.1. The topological polar surface area (TPSA) is 64.4 Å². The Balaban J connectivity index is 1.76. The summed E-state index contributed by atoms with van der Waals surface area (Å²) in [5.74, 6) is 2.98. The van der Waals surface area contributed by atoms with Crippen molar-refractivity contribution in [3.63, 3.8) is 0 Å². The van der Waals surface area contributed by atoms with Gasteiger partial charge < -0.3 is 9.80 Å². The first kappa shape index (κ1) is 16.2. The largest absolute Gasteiger partial charge is 0.339 e. The molecule has 0 spiro atoms. The molecule has 2 aliphatic rings. The van der Waals surface area contributed by atoms with Crippen LogP contribution >= 0.6 is 23.5 Å². The minimum absolute atomic E-state index is 0.0556. The van der Waals surface area contributed by atoms with Crippen molar-refractivity contribution < 1.29 is 9.59 Å². The number of benzene rings is 1. The van der Waals surface area contributed by atoms with E-state index in [2.05, 4.69) is 0 Å². The number of nitrogens with zero attached hydrogens (tertiary/aromatic N) is 3. The number of carbonyl (C=O) groups excluding carboxylic acids is 2. The maximum atomic E-state index is 12.7. The minimum atomic E-state index is -0.388. The van der Waals surface area contributed by atoms with E-state index in [9.17, 15) is 9.59 Å². The molecular formula is C16H17N3O2S2. The molecule has 0 aromatic heterocycles. The van der Waals surface area contributed by atoms with Crippen molar-refractivity contribution in [2.45, 2.75) is 6.04 Å². The van der Waals surface area contributed by atoms with Crippen molar-refractivity contribution in [3.05, 3.63) is 35.4 Å². The van der Waals surface area contributed by atoms with E-state index in [0.717, 1.165) is 24.6 Å². The summed E-state index contributed by atoms with van der Waals surface area (Å²) in [6, 6.07) is 8.32. The molecule has 2 fully saturated rings. The van der Waals surface area contributed by atoms with Crippen LogP contribution in [-0.4, -0.2) is 63.9 Å². The van der Waals surface area contributed by atoms with E-state index in [1.165, 1.54) is 0 Å². The maximum absolute atomic E-state index is 12.7. The van der Waals surface area contributed by atoms with Gasteiger partial charge in [-0.3, -0.25) is 9.59 Å². The number of hydrogen-bond donors (Lipinski definition) is 0. The lowest BCUT2D eigenvalue weighted by Gasteiger charge is -2.32. The van der Waals surface area contributed by atoms with Gasteiger partial charge in [0.05, 0.1) is 17.5 Å². The predicted octanol–water partition coefficient (Wildman–Crippen LogP) is 1.65. The Kier molecular flexibility index (Phi) is 5.13. The van der Waals surface area contributed by atoms with Crippen molar-refractivity contribution in [3.8, 4) is 6.07 Å². The highest BCUT2D eigenvalue weighted by Crippen LogP contribution is 2.25. The van der Waals surface area contributed by atoms with Gasteiger partial charge >= 0.3 is 0 Å². The van der Waals surface area contributed by atoms with Gasteiger partial charge in [-0.25, -0.2) is 0 Å². The van der Waals surface area contributed by atoms with Gasteiger partial charge in [0.1, 0.15) is 6.04 Å². The quantitative estimate of drug-likeness (QED) is 0.814. The van der Waals surface area contributed by atoms with Gasteiger partial charge in [0.25, 0.3) is 5.91 Å². The van der Waals surface area contributed by atoms with Crippen molar-refractivity contribution >= 4 is 35.3 Å². The molecule has 0 saturated carbocycles. The third kappa shape index (κ3) is 3.48. The fourth-order valence-corrected chi connectivity index (χ4v) is 4.78. The molecule has 2 heterocycles. The van der Waals surface area contributed by atoms with E-state index in [1.807, 2.05) is 22.7 Å². The summed E-state index contributed by atoms with van der Waals surface area (Å²) < 4.78 is 0. The zero-order valence-electron chi connectivity index (χ0n) is 12.6. The average molecular weight is 347 g/mol. The van der Waals surface area contributed by atoms with Gasteiger partial charge in [-0.15, -0.1) is 11.8 Å². The first-order valence-corrected chi connectivity index (χ1v) is 9.77. The molecule has 2 aliphatic heterocycles. The molecule has 3 rings (SSSR count). The number of nitriles is 1. The standard InChI is InChI=1S/C16H17N3O2S2/c17-9-12-2-1-3-13(8-12)15(20)19-11-23-10-14(19)16(21)18-4-6-22-7-5-18/h1-3,8,14H,4-7,10-11H2. The van der Waals surface area contributed by atoms with Gasteiger partial charge in [0.15, 0.2) is 0 Å². The maximum Gasteiger partial charge on any atom is 0.255 e.